The molecule has 0 radical (unpaired) electrons. The SMILES string of the molecule is [3H]C1([3H])PC1O. The van der Waals surface area contributed by atoms with Crippen LogP contribution in [0.15, 0.2) is 0 Å². The van der Waals surface area contributed by atoms with Gasteiger partial charge >= 0.3 is 0 Å². The molecule has 0 amide bonds. The summed E-state index contributed by atoms with van der Waals surface area (Å²) in [6.45, 7) is 0. The Hall–Kier alpha value is 0.390. The summed E-state index contributed by atoms with van der Waals surface area (Å²) in [6, 6.07) is 0. The summed E-state index contributed by atoms with van der Waals surface area (Å²) in [4.78, 5) is 0. The molecule has 0 aromatic heterocycles. The molecule has 24 valence electrons. The molecule has 0 aromatic rings. The molecule has 1 aliphatic heterocycles. The summed E-state index contributed by atoms with van der Waals surface area (Å²) in [6.07, 6.45) is -1.21. The molecule has 0 aliphatic carbocycles. The Labute approximate surface area is 29.6 Å². The van der Waals surface area contributed by atoms with Crippen LogP contribution in [0.3, 0.4) is 0 Å². The Kier molecular flexibility index (Phi) is 0.206. The topological polar surface area (TPSA) is 20.2 Å². The highest BCUT2D eigenvalue weighted by molar-refractivity contribution is 7.47. The maximum absolute atomic E-state index is 8.33. The van der Waals surface area contributed by atoms with Crippen molar-refractivity contribution in [3.8, 4) is 0 Å². The molecule has 2 atom stereocenters. The van der Waals surface area contributed by atoms with Crippen LogP contribution in [-0.4, -0.2) is 17.1 Å². The van der Waals surface area contributed by atoms with E-state index in [-0.39, 0.29) is 8.58 Å². The Morgan fingerprint density at radius 1 is 2.50 bits per heavy atom. The molecule has 1 N–H and O–H groups in total. The van der Waals surface area contributed by atoms with E-state index >= 15 is 0 Å². The number of aliphatic hydroxyl groups excluding tert-OH is 1. The van der Waals surface area contributed by atoms with Gasteiger partial charge in [-0.05, 0) is 6.11 Å². The minimum Gasteiger partial charge on any atom is -0.389 e. The molecule has 1 saturated heterocycles. The van der Waals surface area contributed by atoms with Crippen LogP contribution < -0.4 is 0 Å². The summed E-state index contributed by atoms with van der Waals surface area (Å²) < 4.78 is 13.4. The van der Waals surface area contributed by atoms with E-state index in [0.717, 1.165) is 0 Å². The normalized spacial score (nSPS) is 65.8. The average molecular weight is 80.1 g/mol. The van der Waals surface area contributed by atoms with Gasteiger partial charge in [-0.2, -0.15) is 0 Å². The van der Waals surface area contributed by atoms with E-state index in [0.29, 0.717) is 0 Å². The van der Waals surface area contributed by atoms with Gasteiger partial charge in [0, 0.05) is 2.74 Å². The highest BCUT2D eigenvalue weighted by Crippen LogP contribution is 2.34. The van der Waals surface area contributed by atoms with E-state index in [9.17, 15) is 0 Å². The number of rotatable bonds is 0. The summed E-state index contributed by atoms with van der Waals surface area (Å²) in [5.41, 5.74) is 0. The Bertz CT molecular complexity index is 73.9. The van der Waals surface area contributed by atoms with Crippen LogP contribution in [-0.2, 0) is 0 Å². The standard InChI is InChI=1S/C2H5OP/c3-2-1-4-2/h2-4H,1H2/i1T2. The maximum Gasteiger partial charge on any atom is 0.0740 e. The van der Waals surface area contributed by atoms with Crippen LogP contribution in [0.2, 0.25) is 0 Å². The van der Waals surface area contributed by atoms with Crippen LogP contribution in [0.25, 0.3) is 0 Å². The zero-order chi connectivity index (χ0) is 4.78. The predicted octanol–water partition coefficient (Wildman–Crippen LogP) is -0.00310. The number of hydrogen-bond acceptors (Lipinski definition) is 1. The third-order valence-corrected chi connectivity index (χ3v) is 0.820. The average Bonchev–Trinajstić information content (AvgIpc) is 1.73. The molecule has 1 aliphatic rings. The zero-order valence-electron chi connectivity index (χ0n) is 4.02. The van der Waals surface area contributed by atoms with Crippen molar-refractivity contribution in [2.45, 2.75) is 5.85 Å². The van der Waals surface area contributed by atoms with Crippen molar-refractivity contribution in [2.24, 2.45) is 0 Å². The lowest BCUT2D eigenvalue weighted by Crippen LogP contribution is -1.67. The van der Waals surface area contributed by atoms with Crippen LogP contribution in [0, 0.1) is 0 Å². The third kappa shape index (κ3) is 0.402. The second kappa shape index (κ2) is 0.667. The van der Waals surface area contributed by atoms with Gasteiger partial charge in [0.1, 0.15) is 0 Å². The summed E-state index contributed by atoms with van der Waals surface area (Å²) >= 11 is 0. The minimum atomic E-state index is -1.21. The van der Waals surface area contributed by atoms with Crippen molar-refractivity contribution in [1.29, 1.82) is 0 Å². The van der Waals surface area contributed by atoms with Crippen molar-refractivity contribution < 1.29 is 7.85 Å². The van der Waals surface area contributed by atoms with Gasteiger partial charge < -0.3 is 5.11 Å². The van der Waals surface area contributed by atoms with E-state index in [1.54, 1.807) is 0 Å². The van der Waals surface area contributed by atoms with Crippen molar-refractivity contribution in [3.63, 3.8) is 0 Å². The summed E-state index contributed by atoms with van der Waals surface area (Å²) in [5.74, 6) is -0.641. The van der Waals surface area contributed by atoms with Gasteiger partial charge in [0.25, 0.3) is 0 Å². The van der Waals surface area contributed by atoms with E-state index in [1.165, 1.54) is 0 Å². The highest BCUT2D eigenvalue weighted by atomic mass is 31.1. The number of aliphatic hydroxyl groups is 1. The lowest BCUT2D eigenvalue weighted by Gasteiger charge is -1.57. The van der Waals surface area contributed by atoms with E-state index in [1.807, 2.05) is 0 Å². The molecule has 1 rings (SSSR count). The molecular formula is C2H5OP. The third-order valence-electron chi connectivity index (χ3n) is 0.273. The monoisotopic (exact) mass is 80.0 g/mol. The first-order valence-electron chi connectivity index (χ1n) is 2.09. The summed E-state index contributed by atoms with van der Waals surface area (Å²) in [5, 5.41) is 8.33. The van der Waals surface area contributed by atoms with E-state index in [2.05, 4.69) is 0 Å². The summed E-state index contributed by atoms with van der Waals surface area (Å²) in [7, 11) is 0.123. The van der Waals surface area contributed by atoms with E-state index < -0.39 is 12.0 Å². The van der Waals surface area contributed by atoms with Crippen LogP contribution in [0.1, 0.15) is 2.74 Å². The first-order chi connectivity index (χ1) is 2.63. The maximum atomic E-state index is 8.33. The molecule has 0 aromatic carbocycles. The lowest BCUT2D eigenvalue weighted by molar-refractivity contribution is 0.312. The zero-order valence-corrected chi connectivity index (χ0v) is 3.02. The van der Waals surface area contributed by atoms with Crippen molar-refractivity contribution in [3.05, 3.63) is 0 Å². The van der Waals surface area contributed by atoms with Gasteiger partial charge in [0.15, 0.2) is 0 Å². The van der Waals surface area contributed by atoms with Gasteiger partial charge in [0.2, 0.25) is 0 Å². The van der Waals surface area contributed by atoms with Gasteiger partial charge in [0.05, 0.1) is 5.85 Å². The Morgan fingerprint density at radius 2 is 2.75 bits per heavy atom. The number of hydrogen-bond donors (Lipinski definition) is 1. The van der Waals surface area contributed by atoms with E-state index in [4.69, 9.17) is 7.85 Å². The molecule has 2 unspecified atom stereocenters. The molecule has 0 saturated carbocycles. The quantitative estimate of drug-likeness (QED) is 0.406. The molecule has 0 bridgehead atoms. The molecule has 4 heavy (non-hydrogen) atoms. The van der Waals surface area contributed by atoms with Gasteiger partial charge in [-0.15, -0.1) is 0 Å². The minimum absolute atomic E-state index is 0.123. The second-order valence-electron chi connectivity index (χ2n) is 0.691. The van der Waals surface area contributed by atoms with Crippen molar-refractivity contribution in [1.82, 2.24) is 0 Å². The highest BCUT2D eigenvalue weighted by Gasteiger charge is 2.15. The van der Waals surface area contributed by atoms with Crippen LogP contribution in [0.4, 0.5) is 0 Å². The molecule has 0 spiro atoms. The molecule has 2 heteroatoms. The van der Waals surface area contributed by atoms with Crippen molar-refractivity contribution >= 4 is 8.58 Å². The fourth-order valence-electron chi connectivity index (χ4n) is 0.0373. The molecule has 1 heterocycles. The second-order valence-corrected chi connectivity index (χ2v) is 1.82. The van der Waals surface area contributed by atoms with Gasteiger partial charge in [-0.25, -0.2) is 0 Å². The largest absolute Gasteiger partial charge is 0.389 e. The Balaban J connectivity index is 2.41. The van der Waals surface area contributed by atoms with Gasteiger partial charge in [-0.3, -0.25) is 0 Å². The first kappa shape index (κ1) is 1.24. The van der Waals surface area contributed by atoms with Gasteiger partial charge in [-0.1, -0.05) is 8.58 Å². The van der Waals surface area contributed by atoms with Crippen molar-refractivity contribution in [2.75, 3.05) is 6.11 Å². The first-order valence-corrected chi connectivity index (χ1v) is 2.16. The Morgan fingerprint density at radius 3 is 2.75 bits per heavy atom. The van der Waals surface area contributed by atoms with Crippen LogP contribution in [0.5, 0.6) is 0 Å². The predicted molar refractivity (Wildman–Crippen MR) is 19.2 cm³/mol. The lowest BCUT2D eigenvalue weighted by atomic mass is 10.9. The molecule has 1 nitrogen and oxygen atoms in total. The molecule has 1 fully saturated rings. The molecular weight excluding hydrogens is 71.0 g/mol. The smallest absolute Gasteiger partial charge is 0.0740 e. The fraction of sp³-hybridized carbons (Fsp3) is 1.00. The fourth-order valence-corrected chi connectivity index (χ4v) is 0.112. The van der Waals surface area contributed by atoms with Crippen LogP contribution >= 0.6 is 8.58 Å².